The lowest BCUT2D eigenvalue weighted by molar-refractivity contribution is -0.118. The van der Waals surface area contributed by atoms with Gasteiger partial charge >= 0.3 is 0 Å². The maximum atomic E-state index is 12.4. The molecule has 1 heterocycles. The molecule has 1 aromatic carbocycles. The van der Waals surface area contributed by atoms with Gasteiger partial charge in [0.1, 0.15) is 5.75 Å². The standard InChI is InChI=1S/C25H31N3O3/c1-14-9-16(7-8-19(14)27-22(29)17-11-24(17,3)4)31-21-10-15(2)20(13-26-21)28-23(30)18-12-25(18,5)6/h7-10,13,17-18H,11-12H2,1-6H3,(H,27,29)(H,28,30). The van der Waals surface area contributed by atoms with E-state index in [0.717, 1.165) is 29.7 Å². The number of benzene rings is 1. The van der Waals surface area contributed by atoms with Crippen molar-refractivity contribution < 1.29 is 14.3 Å². The highest BCUT2D eigenvalue weighted by molar-refractivity contribution is 5.96. The van der Waals surface area contributed by atoms with E-state index in [2.05, 4.69) is 43.3 Å². The summed E-state index contributed by atoms with van der Waals surface area (Å²) in [4.78, 5) is 29.1. The Bertz CT molecular complexity index is 974. The average molecular weight is 422 g/mol. The first-order valence-corrected chi connectivity index (χ1v) is 10.8. The predicted octanol–water partition coefficient (Wildman–Crippen LogP) is 5.46. The lowest BCUT2D eigenvalue weighted by Crippen LogP contribution is -2.17. The number of aromatic nitrogens is 1. The molecule has 6 heteroatoms. The van der Waals surface area contributed by atoms with E-state index in [9.17, 15) is 9.59 Å². The van der Waals surface area contributed by atoms with Gasteiger partial charge in [0.2, 0.25) is 17.7 Å². The lowest BCUT2D eigenvalue weighted by atomic mass is 10.1. The fourth-order valence-electron chi connectivity index (χ4n) is 3.95. The molecule has 0 saturated heterocycles. The summed E-state index contributed by atoms with van der Waals surface area (Å²) in [6.07, 6.45) is 3.48. The quantitative estimate of drug-likeness (QED) is 0.649. The average Bonchev–Trinajstić information content (AvgIpc) is 3.53. The molecule has 31 heavy (non-hydrogen) atoms. The third-order valence-electron chi connectivity index (χ3n) is 6.68. The Hall–Kier alpha value is -2.89. The van der Waals surface area contributed by atoms with E-state index < -0.39 is 0 Å². The van der Waals surface area contributed by atoms with Gasteiger partial charge in [0.15, 0.2) is 0 Å². The lowest BCUT2D eigenvalue weighted by Gasteiger charge is -2.13. The molecule has 0 bridgehead atoms. The third-order valence-corrected chi connectivity index (χ3v) is 6.68. The highest BCUT2D eigenvalue weighted by Crippen LogP contribution is 2.52. The first-order valence-electron chi connectivity index (χ1n) is 10.8. The number of carbonyl (C=O) groups is 2. The Kier molecular flexibility index (Phi) is 5.07. The smallest absolute Gasteiger partial charge is 0.228 e. The number of nitrogens with zero attached hydrogens (tertiary/aromatic N) is 1. The second kappa shape index (κ2) is 7.36. The van der Waals surface area contributed by atoms with Crippen molar-refractivity contribution in [1.82, 2.24) is 4.98 Å². The Labute approximate surface area is 183 Å². The number of anilines is 2. The molecule has 164 valence electrons. The molecule has 2 saturated carbocycles. The highest BCUT2D eigenvalue weighted by atomic mass is 16.5. The van der Waals surface area contributed by atoms with Gasteiger partial charge in [-0.1, -0.05) is 27.7 Å². The van der Waals surface area contributed by atoms with Gasteiger partial charge in [-0.25, -0.2) is 4.98 Å². The van der Waals surface area contributed by atoms with Crippen molar-refractivity contribution in [2.75, 3.05) is 10.6 Å². The topological polar surface area (TPSA) is 80.3 Å². The van der Waals surface area contributed by atoms with Gasteiger partial charge in [-0.15, -0.1) is 0 Å². The molecule has 2 fully saturated rings. The number of hydrogen-bond acceptors (Lipinski definition) is 4. The highest BCUT2D eigenvalue weighted by Gasteiger charge is 2.51. The molecule has 2 N–H and O–H groups in total. The van der Waals surface area contributed by atoms with Crippen LogP contribution >= 0.6 is 0 Å². The Morgan fingerprint density at radius 2 is 1.42 bits per heavy atom. The number of nitrogens with one attached hydrogen (secondary N) is 2. The summed E-state index contributed by atoms with van der Waals surface area (Å²) in [5.41, 5.74) is 3.52. The fraction of sp³-hybridized carbons (Fsp3) is 0.480. The van der Waals surface area contributed by atoms with Crippen molar-refractivity contribution in [2.45, 2.75) is 54.4 Å². The molecule has 0 radical (unpaired) electrons. The number of pyridine rings is 1. The molecule has 2 unspecified atom stereocenters. The first-order chi connectivity index (χ1) is 14.5. The molecular formula is C25H31N3O3. The molecule has 2 atom stereocenters. The molecule has 2 aromatic rings. The van der Waals surface area contributed by atoms with E-state index >= 15 is 0 Å². The van der Waals surface area contributed by atoms with E-state index in [0.29, 0.717) is 17.3 Å². The molecule has 0 spiro atoms. The molecule has 2 aliphatic rings. The number of ether oxygens (including phenoxy) is 1. The van der Waals surface area contributed by atoms with Crippen LogP contribution in [0, 0.1) is 36.5 Å². The largest absolute Gasteiger partial charge is 0.439 e. The molecule has 2 aliphatic carbocycles. The minimum Gasteiger partial charge on any atom is -0.439 e. The van der Waals surface area contributed by atoms with Crippen molar-refractivity contribution in [3.05, 3.63) is 41.6 Å². The third kappa shape index (κ3) is 4.58. The summed E-state index contributed by atoms with van der Waals surface area (Å²) in [6.45, 7) is 12.3. The van der Waals surface area contributed by atoms with Crippen molar-refractivity contribution in [3.63, 3.8) is 0 Å². The summed E-state index contributed by atoms with van der Waals surface area (Å²) in [6, 6.07) is 7.38. The van der Waals surface area contributed by atoms with Crippen molar-refractivity contribution >= 4 is 23.2 Å². The van der Waals surface area contributed by atoms with Crippen LogP contribution in [0.3, 0.4) is 0 Å². The van der Waals surface area contributed by atoms with E-state index in [1.54, 1.807) is 6.20 Å². The van der Waals surface area contributed by atoms with Crippen molar-refractivity contribution in [2.24, 2.45) is 22.7 Å². The van der Waals surface area contributed by atoms with Crippen LogP contribution in [0.2, 0.25) is 0 Å². The van der Waals surface area contributed by atoms with Gasteiger partial charge in [-0.05, 0) is 66.8 Å². The molecule has 0 aliphatic heterocycles. The summed E-state index contributed by atoms with van der Waals surface area (Å²) in [7, 11) is 0. The number of amides is 2. The zero-order valence-corrected chi connectivity index (χ0v) is 19.1. The van der Waals surface area contributed by atoms with Crippen LogP contribution in [0.15, 0.2) is 30.5 Å². The second-order valence-corrected chi connectivity index (χ2v) is 10.4. The van der Waals surface area contributed by atoms with Crippen molar-refractivity contribution in [3.8, 4) is 11.6 Å². The normalized spacial score (nSPS) is 22.4. The summed E-state index contributed by atoms with van der Waals surface area (Å²) in [5, 5.41) is 6.00. The predicted molar refractivity (Wildman–Crippen MR) is 121 cm³/mol. The second-order valence-electron chi connectivity index (χ2n) is 10.4. The van der Waals surface area contributed by atoms with Gasteiger partial charge in [0.05, 0.1) is 11.9 Å². The Morgan fingerprint density at radius 3 is 1.90 bits per heavy atom. The van der Waals surface area contributed by atoms with Crippen LogP contribution in [-0.2, 0) is 9.59 Å². The van der Waals surface area contributed by atoms with Crippen molar-refractivity contribution in [1.29, 1.82) is 0 Å². The van der Waals surface area contributed by atoms with Crippen LogP contribution in [0.25, 0.3) is 0 Å². The first kappa shape index (κ1) is 21.3. The van der Waals surface area contributed by atoms with E-state index in [1.165, 1.54) is 0 Å². The monoisotopic (exact) mass is 421 g/mol. The van der Waals surface area contributed by atoms with Crippen LogP contribution in [0.4, 0.5) is 11.4 Å². The SMILES string of the molecule is Cc1cc(Oc2cc(C)c(NC(=O)C3CC3(C)C)cn2)ccc1NC(=O)C1CC1(C)C. The number of hydrogen-bond donors (Lipinski definition) is 2. The molecule has 2 amide bonds. The number of carbonyl (C=O) groups excluding carboxylic acids is 2. The van der Waals surface area contributed by atoms with Crippen LogP contribution < -0.4 is 15.4 Å². The van der Waals surface area contributed by atoms with Gasteiger partial charge in [-0.2, -0.15) is 0 Å². The van der Waals surface area contributed by atoms with Gasteiger partial charge in [0.25, 0.3) is 0 Å². The minimum absolute atomic E-state index is 0.0476. The molecule has 4 rings (SSSR count). The summed E-state index contributed by atoms with van der Waals surface area (Å²) in [5.74, 6) is 1.37. The van der Waals surface area contributed by atoms with E-state index in [1.807, 2.05) is 38.1 Å². The van der Waals surface area contributed by atoms with E-state index in [4.69, 9.17) is 4.74 Å². The van der Waals surface area contributed by atoms with Crippen LogP contribution in [0.5, 0.6) is 11.6 Å². The number of rotatable bonds is 6. The van der Waals surface area contributed by atoms with E-state index in [-0.39, 0.29) is 34.5 Å². The molecule has 6 nitrogen and oxygen atoms in total. The molecule has 1 aromatic heterocycles. The maximum absolute atomic E-state index is 12.4. The number of aryl methyl sites for hydroxylation is 2. The summed E-state index contributed by atoms with van der Waals surface area (Å²) >= 11 is 0. The van der Waals surface area contributed by atoms with Crippen LogP contribution in [0.1, 0.15) is 51.7 Å². The molecular weight excluding hydrogens is 390 g/mol. The zero-order chi connectivity index (χ0) is 22.6. The zero-order valence-electron chi connectivity index (χ0n) is 19.1. The van der Waals surface area contributed by atoms with Crippen LogP contribution in [-0.4, -0.2) is 16.8 Å². The van der Waals surface area contributed by atoms with Gasteiger partial charge in [-0.3, -0.25) is 9.59 Å². The minimum atomic E-state index is 0.0476. The van der Waals surface area contributed by atoms with Gasteiger partial charge in [0, 0.05) is 23.6 Å². The maximum Gasteiger partial charge on any atom is 0.228 e. The van der Waals surface area contributed by atoms with Gasteiger partial charge < -0.3 is 15.4 Å². The Morgan fingerprint density at radius 1 is 0.903 bits per heavy atom. The summed E-state index contributed by atoms with van der Waals surface area (Å²) < 4.78 is 5.91. The Balaban J connectivity index is 1.38. The fourth-order valence-corrected chi connectivity index (χ4v) is 3.95.